The van der Waals surface area contributed by atoms with Crippen molar-refractivity contribution < 1.29 is 23.6 Å². The second kappa shape index (κ2) is 10.1. The van der Waals surface area contributed by atoms with Crippen molar-refractivity contribution in [2.75, 3.05) is 13.9 Å². The van der Waals surface area contributed by atoms with Crippen LogP contribution in [0.1, 0.15) is 32.6 Å². The van der Waals surface area contributed by atoms with Gasteiger partial charge in [-0.1, -0.05) is 11.5 Å². The maximum absolute atomic E-state index is 15.5. The highest BCUT2D eigenvalue weighted by molar-refractivity contribution is 6.45. The molecule has 10 nitrogen and oxygen atoms in total. The minimum Gasteiger partial charge on any atom is -0.467 e. The van der Waals surface area contributed by atoms with Gasteiger partial charge >= 0.3 is 13.1 Å². The number of imidazole rings is 1. The topological polar surface area (TPSA) is 108 Å². The van der Waals surface area contributed by atoms with Gasteiger partial charge in [0.15, 0.2) is 13.0 Å². The molecule has 2 saturated heterocycles. The molecule has 0 amide bonds. The first-order chi connectivity index (χ1) is 17.4. The van der Waals surface area contributed by atoms with Crippen LogP contribution in [0, 0.1) is 0 Å². The van der Waals surface area contributed by atoms with E-state index in [4.69, 9.17) is 14.2 Å². The molecular formula is C24H30BFN6O4. The van der Waals surface area contributed by atoms with Crippen LogP contribution < -0.4 is 9.47 Å². The lowest BCUT2D eigenvalue weighted by Crippen LogP contribution is -2.70. The van der Waals surface area contributed by atoms with E-state index in [1.807, 2.05) is 33.8 Å². The molecule has 2 aliphatic heterocycles. The van der Waals surface area contributed by atoms with Crippen LogP contribution in [0.25, 0.3) is 16.9 Å². The van der Waals surface area contributed by atoms with Gasteiger partial charge in [0.25, 0.3) is 0 Å². The molecular weight excluding hydrogens is 466 g/mol. The molecule has 0 radical (unpaired) electrons. The number of methoxy groups -OCH3 is 1. The fraction of sp³-hybridized carbons (Fsp3) is 0.500. The van der Waals surface area contributed by atoms with Crippen molar-refractivity contribution in [3.05, 3.63) is 43.1 Å². The quantitative estimate of drug-likeness (QED) is 0.372. The zero-order valence-corrected chi connectivity index (χ0v) is 20.6. The van der Waals surface area contributed by atoms with Crippen LogP contribution in [0.15, 0.2) is 43.1 Å². The number of halogens is 1. The molecule has 0 aliphatic carbocycles. The van der Waals surface area contributed by atoms with Gasteiger partial charge in [-0.05, 0) is 38.7 Å². The molecule has 3 aromatic rings. The maximum Gasteiger partial charge on any atom is 0.377 e. The number of aromatic nitrogens is 5. The van der Waals surface area contributed by atoms with Crippen LogP contribution in [-0.2, 0) is 4.74 Å². The summed E-state index contributed by atoms with van der Waals surface area (Å²) in [6.45, 7) is 3.82. The van der Waals surface area contributed by atoms with E-state index in [-0.39, 0.29) is 18.3 Å². The lowest BCUT2D eigenvalue weighted by molar-refractivity contribution is -0.0850. The average Bonchev–Trinajstić information content (AvgIpc) is 3.41. The van der Waals surface area contributed by atoms with Gasteiger partial charge in [-0.25, -0.2) is 14.4 Å². The van der Waals surface area contributed by atoms with Gasteiger partial charge in [0, 0.05) is 49.1 Å². The van der Waals surface area contributed by atoms with E-state index in [0.717, 1.165) is 18.5 Å². The molecule has 4 heterocycles. The molecule has 1 N–H and O–H groups in total. The zero-order valence-electron chi connectivity index (χ0n) is 20.6. The number of hydrogen-bond acceptors (Lipinski definition) is 9. The third-order valence-corrected chi connectivity index (χ3v) is 7.14. The molecule has 5 rings (SSSR count). The monoisotopic (exact) mass is 496 g/mol. The Morgan fingerprint density at radius 1 is 1.31 bits per heavy atom. The number of benzene rings is 1. The first kappa shape index (κ1) is 24.6. The summed E-state index contributed by atoms with van der Waals surface area (Å²) in [6, 6.07) is 5.24. The first-order valence-electron chi connectivity index (χ1n) is 12.1. The van der Waals surface area contributed by atoms with Crippen molar-refractivity contribution >= 4 is 7.05 Å². The van der Waals surface area contributed by atoms with E-state index < -0.39 is 25.4 Å². The Balaban J connectivity index is 1.35. The summed E-state index contributed by atoms with van der Waals surface area (Å²) in [5.41, 5.74) is 1.68. The number of piperidine rings is 2. The van der Waals surface area contributed by atoms with Crippen molar-refractivity contribution in [3.63, 3.8) is 0 Å². The Hall–Kier alpha value is -3.09. The summed E-state index contributed by atoms with van der Waals surface area (Å²) in [5.74, 6) is 0.544. The number of alkyl halides is 1. The molecule has 2 bridgehead atoms. The van der Waals surface area contributed by atoms with E-state index in [1.54, 1.807) is 26.5 Å². The van der Waals surface area contributed by atoms with E-state index in [9.17, 15) is 5.02 Å². The molecule has 36 heavy (non-hydrogen) atoms. The number of hydrogen-bond donors (Lipinski definition) is 1. The molecule has 0 saturated carbocycles. The van der Waals surface area contributed by atoms with E-state index in [1.165, 1.54) is 6.20 Å². The third-order valence-electron chi connectivity index (χ3n) is 7.14. The zero-order chi connectivity index (χ0) is 25.3. The van der Waals surface area contributed by atoms with Crippen molar-refractivity contribution in [2.24, 2.45) is 0 Å². The van der Waals surface area contributed by atoms with Gasteiger partial charge in [0.2, 0.25) is 0 Å². The molecule has 2 fully saturated rings. The van der Waals surface area contributed by atoms with E-state index in [0.29, 0.717) is 29.8 Å². The van der Waals surface area contributed by atoms with Crippen molar-refractivity contribution in [3.8, 4) is 28.7 Å². The highest BCUT2D eigenvalue weighted by atomic mass is 19.1. The lowest BCUT2D eigenvalue weighted by Gasteiger charge is -2.57. The largest absolute Gasteiger partial charge is 0.467 e. The number of fused-ring (bicyclic) bond motifs is 2. The smallest absolute Gasteiger partial charge is 0.377 e. The molecule has 1 unspecified atom stereocenters. The Labute approximate surface area is 209 Å². The molecule has 2 aromatic heterocycles. The highest BCUT2D eigenvalue weighted by Gasteiger charge is 2.54. The van der Waals surface area contributed by atoms with Crippen LogP contribution in [-0.4, -0.2) is 79.4 Å². The van der Waals surface area contributed by atoms with Crippen LogP contribution in [0.3, 0.4) is 0 Å². The summed E-state index contributed by atoms with van der Waals surface area (Å²) in [5, 5.41) is 18.7. The summed E-state index contributed by atoms with van der Waals surface area (Å²) >= 11 is 0. The van der Waals surface area contributed by atoms with Gasteiger partial charge in [-0.15, -0.1) is 5.10 Å². The van der Waals surface area contributed by atoms with Gasteiger partial charge < -0.3 is 28.6 Å². The van der Waals surface area contributed by atoms with Crippen molar-refractivity contribution in [1.82, 2.24) is 29.5 Å². The number of ether oxygens (including phenoxy) is 3. The molecule has 190 valence electrons. The maximum atomic E-state index is 15.5. The van der Waals surface area contributed by atoms with Crippen molar-refractivity contribution in [2.45, 2.75) is 63.3 Å². The second-order valence-corrected chi connectivity index (χ2v) is 9.63. The molecule has 0 spiro atoms. The predicted molar refractivity (Wildman–Crippen MR) is 131 cm³/mol. The Kier molecular flexibility index (Phi) is 6.91. The Morgan fingerprint density at radius 3 is 2.86 bits per heavy atom. The van der Waals surface area contributed by atoms with Gasteiger partial charge in [0.05, 0.1) is 18.2 Å². The minimum absolute atomic E-state index is 0.0213. The number of rotatable bonds is 8. The summed E-state index contributed by atoms with van der Waals surface area (Å²) in [7, 11) is 0.831. The third kappa shape index (κ3) is 4.68. The van der Waals surface area contributed by atoms with Crippen molar-refractivity contribution in [1.29, 1.82) is 0 Å². The summed E-state index contributed by atoms with van der Waals surface area (Å²) in [4.78, 5) is 10.3. The summed E-state index contributed by atoms with van der Waals surface area (Å²) < 4.78 is 34.1. The van der Waals surface area contributed by atoms with Gasteiger partial charge in [0.1, 0.15) is 17.5 Å². The van der Waals surface area contributed by atoms with Gasteiger partial charge in [-0.3, -0.25) is 0 Å². The van der Waals surface area contributed by atoms with Crippen LogP contribution >= 0.6 is 0 Å². The fourth-order valence-electron chi connectivity index (χ4n) is 5.62. The van der Waals surface area contributed by atoms with Gasteiger partial charge in [-0.2, -0.15) is 0 Å². The molecule has 1 aromatic carbocycles. The lowest BCUT2D eigenvalue weighted by atomic mass is 9.65. The fourth-order valence-corrected chi connectivity index (χ4v) is 5.62. The first-order valence-corrected chi connectivity index (χ1v) is 12.1. The van der Waals surface area contributed by atoms with Crippen LogP contribution in [0.4, 0.5) is 4.39 Å². The summed E-state index contributed by atoms with van der Waals surface area (Å²) in [6.07, 6.45) is 7.71. The Bertz CT molecular complexity index is 1170. The molecule has 2 aliphatic rings. The number of nitrogens with zero attached hydrogens (tertiary/aromatic N) is 6. The SMILES string of the molecule is COCOc1cc(-n2ccnc2)ccc1-c1cnc(O[C@H]2C[C@]3(C)CCCC([C@H]2F)N3B(C)O)nn1. The minimum atomic E-state index is -1.26. The molecule has 12 heteroatoms. The van der Waals surface area contributed by atoms with E-state index >= 15 is 4.39 Å². The average molecular weight is 496 g/mol. The van der Waals surface area contributed by atoms with Crippen LogP contribution in [0.5, 0.6) is 11.8 Å². The Morgan fingerprint density at radius 2 is 2.17 bits per heavy atom. The normalized spacial score (nSPS) is 26.0. The second-order valence-electron chi connectivity index (χ2n) is 9.63. The highest BCUT2D eigenvalue weighted by Crippen LogP contribution is 2.44. The molecule has 4 atom stereocenters. The van der Waals surface area contributed by atoms with E-state index in [2.05, 4.69) is 27.1 Å². The van der Waals surface area contributed by atoms with Crippen LogP contribution in [0.2, 0.25) is 6.82 Å². The predicted octanol–water partition coefficient (Wildman–Crippen LogP) is 2.92. The standard InChI is InChI=1S/C24H30BFN6O4/c1-24-8-4-5-19(32(24)25(2)33)22(26)21(12-24)36-23-28-13-18(29-30-23)17-7-6-16(31-10-9-27-14-31)11-20(17)35-15-34-3/h6-7,9-11,13-14,19,21-22,33H,4-5,8,12,15H2,1-3H3/t19?,21-,22+,24-/m0/s1.